The topological polar surface area (TPSA) is 40.5 Å². The summed E-state index contributed by atoms with van der Waals surface area (Å²) < 4.78 is 0. The largest absolute Gasteiger partial charge is 0.390 e. The Hall–Kier alpha value is -0.860. The Morgan fingerprint density at radius 2 is 1.65 bits per heavy atom. The lowest BCUT2D eigenvalue weighted by atomic mass is 9.88. The highest BCUT2D eigenvalue weighted by Crippen LogP contribution is 2.28. The number of hydrogen-bond donors (Lipinski definition) is 2. The fourth-order valence-electron chi connectivity index (χ4n) is 2.29. The summed E-state index contributed by atoms with van der Waals surface area (Å²) in [5.41, 5.74) is 3.00. The van der Waals surface area contributed by atoms with Gasteiger partial charge in [0.1, 0.15) is 6.10 Å². The molecule has 0 aliphatic rings. The molecular weight excluding hydrogens is 212 g/mol. The van der Waals surface area contributed by atoms with Crippen LogP contribution in [-0.4, -0.2) is 16.3 Å². The quantitative estimate of drug-likeness (QED) is 0.824. The highest BCUT2D eigenvalue weighted by atomic mass is 16.3. The SMILES string of the molecule is CCC(CC)C(O)C(O)c1cc(C)ccc1C. The van der Waals surface area contributed by atoms with Crippen LogP contribution in [0.3, 0.4) is 0 Å². The van der Waals surface area contributed by atoms with Crippen molar-refractivity contribution in [2.45, 2.75) is 52.7 Å². The molecule has 0 aliphatic carbocycles. The Balaban J connectivity index is 2.94. The lowest BCUT2D eigenvalue weighted by molar-refractivity contribution is -0.0212. The van der Waals surface area contributed by atoms with Gasteiger partial charge in [0, 0.05) is 0 Å². The first-order valence-electron chi connectivity index (χ1n) is 6.44. The van der Waals surface area contributed by atoms with Crippen LogP contribution >= 0.6 is 0 Å². The number of hydrogen-bond acceptors (Lipinski definition) is 2. The zero-order valence-electron chi connectivity index (χ0n) is 11.3. The van der Waals surface area contributed by atoms with Gasteiger partial charge in [-0.05, 0) is 30.9 Å². The maximum atomic E-state index is 10.3. The Morgan fingerprint density at radius 3 is 2.18 bits per heavy atom. The van der Waals surface area contributed by atoms with Crippen molar-refractivity contribution in [1.29, 1.82) is 0 Å². The molecule has 0 aromatic heterocycles. The Morgan fingerprint density at radius 1 is 1.06 bits per heavy atom. The Kier molecular flexibility index (Phi) is 5.16. The third-order valence-corrected chi connectivity index (χ3v) is 3.61. The van der Waals surface area contributed by atoms with E-state index < -0.39 is 12.2 Å². The van der Waals surface area contributed by atoms with Crippen LogP contribution in [0, 0.1) is 19.8 Å². The van der Waals surface area contributed by atoms with Crippen molar-refractivity contribution in [2.75, 3.05) is 0 Å². The van der Waals surface area contributed by atoms with Crippen molar-refractivity contribution in [3.63, 3.8) is 0 Å². The smallest absolute Gasteiger partial charge is 0.105 e. The molecule has 0 aliphatic heterocycles. The van der Waals surface area contributed by atoms with E-state index >= 15 is 0 Å². The van der Waals surface area contributed by atoms with Gasteiger partial charge in [0.2, 0.25) is 0 Å². The van der Waals surface area contributed by atoms with Crippen LogP contribution in [0.4, 0.5) is 0 Å². The molecule has 0 heterocycles. The van der Waals surface area contributed by atoms with E-state index in [4.69, 9.17) is 0 Å². The average Bonchev–Trinajstić information content (AvgIpc) is 2.32. The lowest BCUT2D eigenvalue weighted by Gasteiger charge is -2.26. The van der Waals surface area contributed by atoms with Crippen LogP contribution in [-0.2, 0) is 0 Å². The number of aliphatic hydroxyl groups is 2. The third-order valence-electron chi connectivity index (χ3n) is 3.61. The van der Waals surface area contributed by atoms with E-state index in [2.05, 4.69) is 0 Å². The first-order chi connectivity index (χ1) is 8.01. The van der Waals surface area contributed by atoms with Gasteiger partial charge in [-0.2, -0.15) is 0 Å². The number of aliphatic hydroxyl groups excluding tert-OH is 2. The van der Waals surface area contributed by atoms with Crippen molar-refractivity contribution < 1.29 is 10.2 Å². The van der Waals surface area contributed by atoms with Gasteiger partial charge in [0.05, 0.1) is 6.10 Å². The van der Waals surface area contributed by atoms with Crippen LogP contribution in [0.1, 0.15) is 49.5 Å². The molecule has 1 aromatic rings. The van der Waals surface area contributed by atoms with Gasteiger partial charge >= 0.3 is 0 Å². The van der Waals surface area contributed by atoms with Gasteiger partial charge in [-0.3, -0.25) is 0 Å². The van der Waals surface area contributed by atoms with E-state index in [-0.39, 0.29) is 5.92 Å². The van der Waals surface area contributed by atoms with Crippen molar-refractivity contribution in [1.82, 2.24) is 0 Å². The summed E-state index contributed by atoms with van der Waals surface area (Å²) in [5, 5.41) is 20.5. The van der Waals surface area contributed by atoms with E-state index in [0.29, 0.717) is 0 Å². The molecular formula is C15H24O2. The van der Waals surface area contributed by atoms with Crippen molar-refractivity contribution in [2.24, 2.45) is 5.92 Å². The average molecular weight is 236 g/mol. The molecule has 96 valence electrons. The number of benzene rings is 1. The van der Waals surface area contributed by atoms with E-state index in [1.54, 1.807) is 0 Å². The molecule has 17 heavy (non-hydrogen) atoms. The monoisotopic (exact) mass is 236 g/mol. The first-order valence-corrected chi connectivity index (χ1v) is 6.44. The fraction of sp³-hybridized carbons (Fsp3) is 0.600. The molecule has 2 nitrogen and oxygen atoms in total. The van der Waals surface area contributed by atoms with Crippen LogP contribution in [0.5, 0.6) is 0 Å². The van der Waals surface area contributed by atoms with Crippen molar-refractivity contribution in [3.8, 4) is 0 Å². The summed E-state index contributed by atoms with van der Waals surface area (Å²) in [6.45, 7) is 8.07. The van der Waals surface area contributed by atoms with Crippen LogP contribution in [0.2, 0.25) is 0 Å². The Bertz CT molecular complexity index is 356. The van der Waals surface area contributed by atoms with Gasteiger partial charge < -0.3 is 10.2 Å². The van der Waals surface area contributed by atoms with Gasteiger partial charge in [0.15, 0.2) is 0 Å². The standard InChI is InChI=1S/C15H24O2/c1-5-12(6-2)14(16)15(17)13-9-10(3)7-8-11(13)4/h7-9,12,14-17H,5-6H2,1-4H3. The minimum Gasteiger partial charge on any atom is -0.390 e. The number of rotatable bonds is 5. The van der Waals surface area contributed by atoms with Gasteiger partial charge in [-0.25, -0.2) is 0 Å². The molecule has 0 fully saturated rings. The lowest BCUT2D eigenvalue weighted by Crippen LogP contribution is -2.27. The molecule has 2 N–H and O–H groups in total. The highest BCUT2D eigenvalue weighted by molar-refractivity contribution is 5.32. The van der Waals surface area contributed by atoms with Crippen molar-refractivity contribution in [3.05, 3.63) is 34.9 Å². The molecule has 0 spiro atoms. The second-order valence-corrected chi connectivity index (χ2v) is 4.87. The van der Waals surface area contributed by atoms with Crippen LogP contribution < -0.4 is 0 Å². The summed E-state index contributed by atoms with van der Waals surface area (Å²) in [6.07, 6.45) is 0.324. The van der Waals surface area contributed by atoms with E-state index in [9.17, 15) is 10.2 Å². The zero-order chi connectivity index (χ0) is 13.0. The maximum Gasteiger partial charge on any atom is 0.105 e. The molecule has 0 radical (unpaired) electrons. The zero-order valence-corrected chi connectivity index (χ0v) is 11.3. The van der Waals surface area contributed by atoms with E-state index in [0.717, 1.165) is 29.5 Å². The summed E-state index contributed by atoms with van der Waals surface area (Å²) in [4.78, 5) is 0. The van der Waals surface area contributed by atoms with E-state index in [1.165, 1.54) is 0 Å². The minimum atomic E-state index is -0.778. The van der Waals surface area contributed by atoms with Crippen LogP contribution in [0.15, 0.2) is 18.2 Å². The molecule has 2 unspecified atom stereocenters. The van der Waals surface area contributed by atoms with E-state index in [1.807, 2.05) is 45.9 Å². The molecule has 1 aromatic carbocycles. The second kappa shape index (κ2) is 6.18. The number of aryl methyl sites for hydroxylation is 2. The second-order valence-electron chi connectivity index (χ2n) is 4.87. The van der Waals surface area contributed by atoms with Gasteiger partial charge in [-0.1, -0.05) is 50.5 Å². The summed E-state index contributed by atoms with van der Waals surface area (Å²) in [7, 11) is 0. The van der Waals surface area contributed by atoms with Gasteiger partial charge in [0.25, 0.3) is 0 Å². The molecule has 1 rings (SSSR count). The summed E-state index contributed by atoms with van der Waals surface area (Å²) >= 11 is 0. The van der Waals surface area contributed by atoms with Crippen LogP contribution in [0.25, 0.3) is 0 Å². The molecule has 0 saturated carbocycles. The Labute approximate surface area is 104 Å². The predicted molar refractivity (Wildman–Crippen MR) is 71.0 cm³/mol. The minimum absolute atomic E-state index is 0.157. The molecule has 2 heteroatoms. The molecule has 0 bridgehead atoms. The highest BCUT2D eigenvalue weighted by Gasteiger charge is 2.26. The van der Waals surface area contributed by atoms with Gasteiger partial charge in [-0.15, -0.1) is 0 Å². The fourth-order valence-corrected chi connectivity index (χ4v) is 2.29. The normalized spacial score (nSPS) is 15.0. The first kappa shape index (κ1) is 14.2. The summed E-state index contributed by atoms with van der Waals surface area (Å²) in [5.74, 6) is 0.157. The maximum absolute atomic E-state index is 10.3. The third kappa shape index (κ3) is 3.30. The molecule has 2 atom stereocenters. The van der Waals surface area contributed by atoms with Crippen molar-refractivity contribution >= 4 is 0 Å². The predicted octanol–water partition coefficient (Wildman–Crippen LogP) is 3.13. The molecule has 0 amide bonds. The molecule has 0 saturated heterocycles. The summed E-state index contributed by atoms with van der Waals surface area (Å²) in [6, 6.07) is 5.98.